The number of aromatic nitrogens is 3. The van der Waals surface area contributed by atoms with Crippen molar-refractivity contribution in [3.8, 4) is 0 Å². The van der Waals surface area contributed by atoms with Gasteiger partial charge in [0.2, 0.25) is 0 Å². The molecule has 98 valence electrons. The predicted molar refractivity (Wildman–Crippen MR) is 70.6 cm³/mol. The monoisotopic (exact) mass is 305 g/mol. The standard InChI is InChI=1S/C10H12ClN3O2S2/c1-7(2)14-9(5-8-3-4-17-6-8)12-13-10(14)18(11,15)16/h3-4,6-7H,5H2,1-2H3. The Morgan fingerprint density at radius 3 is 2.67 bits per heavy atom. The molecule has 0 saturated carbocycles. The van der Waals surface area contributed by atoms with Gasteiger partial charge in [0.05, 0.1) is 0 Å². The topological polar surface area (TPSA) is 64.8 Å². The molecule has 2 aromatic rings. The van der Waals surface area contributed by atoms with Crippen molar-refractivity contribution in [3.05, 3.63) is 28.2 Å². The number of halogens is 1. The summed E-state index contributed by atoms with van der Waals surface area (Å²) >= 11 is 1.58. The van der Waals surface area contributed by atoms with E-state index in [0.29, 0.717) is 12.2 Å². The second kappa shape index (κ2) is 4.99. The van der Waals surface area contributed by atoms with Gasteiger partial charge in [-0.25, -0.2) is 8.42 Å². The SMILES string of the molecule is CC(C)n1c(Cc2ccsc2)nnc1S(=O)(=O)Cl. The minimum absolute atomic E-state index is 0.0721. The summed E-state index contributed by atoms with van der Waals surface area (Å²) in [6.07, 6.45) is 0.543. The fourth-order valence-electron chi connectivity index (χ4n) is 1.69. The molecule has 0 bridgehead atoms. The first-order valence-electron chi connectivity index (χ1n) is 5.29. The van der Waals surface area contributed by atoms with Crippen molar-refractivity contribution in [2.24, 2.45) is 0 Å². The van der Waals surface area contributed by atoms with Crippen LogP contribution in [0.5, 0.6) is 0 Å². The Kier molecular flexibility index (Phi) is 3.74. The number of nitrogens with zero attached hydrogens (tertiary/aromatic N) is 3. The Balaban J connectivity index is 2.46. The lowest BCUT2D eigenvalue weighted by Crippen LogP contribution is -2.12. The van der Waals surface area contributed by atoms with E-state index in [9.17, 15) is 8.42 Å². The number of rotatable bonds is 4. The Morgan fingerprint density at radius 1 is 1.44 bits per heavy atom. The molecule has 0 aliphatic carbocycles. The molecule has 0 N–H and O–H groups in total. The third-order valence-corrected chi connectivity index (χ3v) is 4.27. The number of hydrogen-bond acceptors (Lipinski definition) is 5. The zero-order chi connectivity index (χ0) is 13.3. The fourth-order valence-corrected chi connectivity index (χ4v) is 3.36. The van der Waals surface area contributed by atoms with Crippen molar-refractivity contribution in [1.82, 2.24) is 14.8 Å². The van der Waals surface area contributed by atoms with Crippen molar-refractivity contribution < 1.29 is 8.42 Å². The van der Waals surface area contributed by atoms with Crippen LogP contribution in [0.3, 0.4) is 0 Å². The Bertz CT molecular complexity index is 632. The molecule has 2 heterocycles. The highest BCUT2D eigenvalue weighted by molar-refractivity contribution is 8.13. The molecule has 0 saturated heterocycles. The first kappa shape index (κ1) is 13.5. The van der Waals surface area contributed by atoms with Gasteiger partial charge in [-0.05, 0) is 36.2 Å². The van der Waals surface area contributed by atoms with Crippen molar-refractivity contribution in [2.75, 3.05) is 0 Å². The lowest BCUT2D eigenvalue weighted by atomic mass is 10.2. The maximum Gasteiger partial charge on any atom is 0.296 e. The molecule has 0 spiro atoms. The van der Waals surface area contributed by atoms with Crippen LogP contribution in [-0.4, -0.2) is 23.2 Å². The van der Waals surface area contributed by atoms with Crippen LogP contribution in [0.25, 0.3) is 0 Å². The van der Waals surface area contributed by atoms with Gasteiger partial charge in [0.15, 0.2) is 0 Å². The van der Waals surface area contributed by atoms with Gasteiger partial charge in [-0.2, -0.15) is 11.3 Å². The maximum absolute atomic E-state index is 11.4. The van der Waals surface area contributed by atoms with E-state index in [0.717, 1.165) is 5.56 Å². The van der Waals surface area contributed by atoms with Gasteiger partial charge in [-0.15, -0.1) is 10.2 Å². The molecule has 0 radical (unpaired) electrons. The van der Waals surface area contributed by atoms with Gasteiger partial charge >= 0.3 is 0 Å². The molecular formula is C10H12ClN3O2S2. The summed E-state index contributed by atoms with van der Waals surface area (Å²) in [6, 6.07) is 1.90. The Labute approximate surface area is 114 Å². The van der Waals surface area contributed by atoms with E-state index in [2.05, 4.69) is 10.2 Å². The average molecular weight is 306 g/mol. The van der Waals surface area contributed by atoms with E-state index in [1.54, 1.807) is 15.9 Å². The van der Waals surface area contributed by atoms with Crippen LogP contribution in [0.1, 0.15) is 31.3 Å². The molecule has 5 nitrogen and oxygen atoms in total. The van der Waals surface area contributed by atoms with E-state index in [4.69, 9.17) is 10.7 Å². The largest absolute Gasteiger partial charge is 0.298 e. The lowest BCUT2D eigenvalue weighted by Gasteiger charge is -2.11. The molecule has 0 aromatic carbocycles. The number of thiophene rings is 1. The molecule has 0 unspecified atom stereocenters. The van der Waals surface area contributed by atoms with Crippen molar-refractivity contribution >= 4 is 31.1 Å². The summed E-state index contributed by atoms with van der Waals surface area (Å²) in [6.45, 7) is 3.73. The summed E-state index contributed by atoms with van der Waals surface area (Å²) in [7, 11) is 1.48. The molecule has 8 heteroatoms. The van der Waals surface area contributed by atoms with Crippen LogP contribution in [0.2, 0.25) is 0 Å². The van der Waals surface area contributed by atoms with E-state index < -0.39 is 9.05 Å². The van der Waals surface area contributed by atoms with Gasteiger partial charge in [-0.1, -0.05) is 0 Å². The highest BCUT2D eigenvalue weighted by Crippen LogP contribution is 2.21. The molecule has 2 rings (SSSR count). The minimum Gasteiger partial charge on any atom is -0.298 e. The lowest BCUT2D eigenvalue weighted by molar-refractivity contribution is 0.512. The highest BCUT2D eigenvalue weighted by atomic mass is 35.7. The first-order chi connectivity index (χ1) is 8.39. The van der Waals surface area contributed by atoms with Crippen molar-refractivity contribution in [1.29, 1.82) is 0 Å². The summed E-state index contributed by atoms with van der Waals surface area (Å²) in [5.74, 6) is 0.600. The highest BCUT2D eigenvalue weighted by Gasteiger charge is 2.24. The second-order valence-electron chi connectivity index (χ2n) is 4.11. The summed E-state index contributed by atoms with van der Waals surface area (Å²) in [5, 5.41) is 11.4. The van der Waals surface area contributed by atoms with Gasteiger partial charge in [-0.3, -0.25) is 4.57 Å². The third-order valence-electron chi connectivity index (χ3n) is 2.41. The van der Waals surface area contributed by atoms with Gasteiger partial charge < -0.3 is 0 Å². The zero-order valence-electron chi connectivity index (χ0n) is 9.87. The van der Waals surface area contributed by atoms with E-state index in [1.165, 1.54) is 0 Å². The normalized spacial score (nSPS) is 12.2. The second-order valence-corrected chi connectivity index (χ2v) is 7.35. The van der Waals surface area contributed by atoms with Crippen LogP contribution in [0, 0.1) is 0 Å². The number of hydrogen-bond donors (Lipinski definition) is 0. The van der Waals surface area contributed by atoms with Gasteiger partial charge in [0.1, 0.15) is 5.82 Å². The van der Waals surface area contributed by atoms with E-state index in [-0.39, 0.29) is 11.2 Å². The molecule has 0 aliphatic rings. The first-order valence-corrected chi connectivity index (χ1v) is 8.54. The summed E-state index contributed by atoms with van der Waals surface area (Å²) < 4.78 is 24.4. The van der Waals surface area contributed by atoms with Crippen LogP contribution >= 0.6 is 22.0 Å². The third kappa shape index (κ3) is 2.73. The molecule has 0 amide bonds. The Morgan fingerprint density at radius 2 is 2.17 bits per heavy atom. The maximum atomic E-state index is 11.4. The van der Waals surface area contributed by atoms with E-state index >= 15 is 0 Å². The quantitative estimate of drug-likeness (QED) is 0.814. The smallest absolute Gasteiger partial charge is 0.296 e. The fraction of sp³-hybridized carbons (Fsp3) is 0.400. The van der Waals surface area contributed by atoms with Crippen LogP contribution in [-0.2, 0) is 15.5 Å². The van der Waals surface area contributed by atoms with Crippen LogP contribution in [0.15, 0.2) is 22.0 Å². The summed E-state index contributed by atoms with van der Waals surface area (Å²) in [5.41, 5.74) is 1.08. The Hall–Kier alpha value is -0.920. The summed E-state index contributed by atoms with van der Waals surface area (Å²) in [4.78, 5) is 0. The predicted octanol–water partition coefficient (Wildman–Crippen LogP) is 2.44. The van der Waals surface area contributed by atoms with Gasteiger partial charge in [0, 0.05) is 23.1 Å². The average Bonchev–Trinajstić information content (AvgIpc) is 2.85. The molecule has 18 heavy (non-hydrogen) atoms. The van der Waals surface area contributed by atoms with Crippen LogP contribution in [0.4, 0.5) is 0 Å². The molecule has 2 aromatic heterocycles. The van der Waals surface area contributed by atoms with Crippen molar-refractivity contribution in [2.45, 2.75) is 31.5 Å². The zero-order valence-corrected chi connectivity index (χ0v) is 12.3. The van der Waals surface area contributed by atoms with Gasteiger partial charge in [0.25, 0.3) is 14.2 Å². The minimum atomic E-state index is -3.87. The molecule has 0 atom stereocenters. The molecular weight excluding hydrogens is 294 g/mol. The van der Waals surface area contributed by atoms with Crippen molar-refractivity contribution in [3.63, 3.8) is 0 Å². The van der Waals surface area contributed by atoms with E-state index in [1.807, 2.05) is 30.7 Å². The molecule has 0 aliphatic heterocycles. The van der Waals surface area contributed by atoms with Crippen LogP contribution < -0.4 is 0 Å². The molecule has 0 fully saturated rings.